The van der Waals surface area contributed by atoms with Crippen LogP contribution in [0.15, 0.2) is 70.9 Å². The normalized spacial score (nSPS) is 19.1. The van der Waals surface area contributed by atoms with E-state index in [9.17, 15) is 18.2 Å². The molecule has 0 spiro atoms. The summed E-state index contributed by atoms with van der Waals surface area (Å²) in [6.07, 6.45) is 8.08. The molecule has 2 atom stereocenters. The Labute approximate surface area is 161 Å². The third kappa shape index (κ3) is 3.89. The van der Waals surface area contributed by atoms with Gasteiger partial charge >= 0.3 is 5.69 Å². The fourth-order valence-corrected chi connectivity index (χ4v) is 4.12. The highest BCUT2D eigenvalue weighted by Gasteiger charge is 2.31. The van der Waals surface area contributed by atoms with Gasteiger partial charge in [-0.2, -0.15) is 0 Å². The standard InChI is InChI=1S/C17H18N5O5S/c1-12-10-21(11-18-12)14-8-7-13(9-16(14)27-2)19-28(25,26)17-6-4-3-5-15(17)22(24)20-23/h3-11,14,16,19H,1-2H3/q+1. The highest BCUT2D eigenvalue weighted by Crippen LogP contribution is 2.27. The highest BCUT2D eigenvalue weighted by atomic mass is 32.2. The number of aryl methyl sites for hydroxylation is 1. The van der Waals surface area contributed by atoms with E-state index in [1.165, 1.54) is 31.4 Å². The minimum Gasteiger partial charge on any atom is -0.375 e. The van der Waals surface area contributed by atoms with Crippen molar-refractivity contribution in [3.05, 3.63) is 76.2 Å². The molecule has 0 amide bonds. The van der Waals surface area contributed by atoms with E-state index in [0.29, 0.717) is 0 Å². The fraction of sp³-hybridized carbons (Fsp3) is 0.235. The summed E-state index contributed by atoms with van der Waals surface area (Å²) in [6.45, 7) is 1.87. The lowest BCUT2D eigenvalue weighted by atomic mass is 10.0. The molecule has 0 bridgehead atoms. The number of rotatable bonds is 7. The summed E-state index contributed by atoms with van der Waals surface area (Å²) in [6, 6.07) is 5.10. The third-order valence-corrected chi connectivity index (χ3v) is 5.62. The number of hydrogen-bond acceptors (Lipinski definition) is 6. The first-order valence-electron chi connectivity index (χ1n) is 8.21. The predicted octanol–water partition coefficient (Wildman–Crippen LogP) is 2.27. The van der Waals surface area contributed by atoms with Crippen molar-refractivity contribution in [1.82, 2.24) is 14.3 Å². The Kier molecular flexibility index (Phi) is 5.47. The maximum Gasteiger partial charge on any atom is 0.318 e. The summed E-state index contributed by atoms with van der Waals surface area (Å²) < 4.78 is 35.2. The number of aromatic nitrogens is 2. The van der Waals surface area contributed by atoms with E-state index >= 15 is 0 Å². The van der Waals surface area contributed by atoms with E-state index in [1.807, 2.05) is 17.7 Å². The van der Waals surface area contributed by atoms with Crippen molar-refractivity contribution < 1.29 is 18.0 Å². The molecule has 0 radical (unpaired) electrons. The van der Waals surface area contributed by atoms with E-state index in [1.54, 1.807) is 24.6 Å². The van der Waals surface area contributed by atoms with Crippen molar-refractivity contribution >= 4 is 15.7 Å². The molecule has 0 saturated heterocycles. The first-order chi connectivity index (χ1) is 13.4. The number of allylic oxidation sites excluding steroid dienone is 1. The summed E-state index contributed by atoms with van der Waals surface area (Å²) in [5.74, 6) is 0. The lowest BCUT2D eigenvalue weighted by molar-refractivity contribution is -0.473. The summed E-state index contributed by atoms with van der Waals surface area (Å²) in [7, 11) is -2.62. The molecule has 2 unspecified atom stereocenters. The number of ether oxygens (including phenoxy) is 1. The van der Waals surface area contributed by atoms with Gasteiger partial charge in [-0.15, -0.1) is 0 Å². The van der Waals surface area contributed by atoms with Crippen LogP contribution >= 0.6 is 0 Å². The molecule has 2 aromatic rings. The SMILES string of the molecule is COC1C=C(NS(=O)(=O)c2ccccc2[N+](=O)N=O)C=CC1n1cnc(C)c1. The van der Waals surface area contributed by atoms with Crippen LogP contribution in [0.5, 0.6) is 0 Å². The van der Waals surface area contributed by atoms with Crippen molar-refractivity contribution in [3.8, 4) is 0 Å². The number of nitrogens with one attached hydrogen (secondary N) is 1. The molecule has 1 aromatic heterocycles. The van der Waals surface area contributed by atoms with Crippen molar-refractivity contribution in [1.29, 1.82) is 0 Å². The number of nitroso groups, excluding NO2 is 2. The zero-order valence-electron chi connectivity index (χ0n) is 15.1. The van der Waals surface area contributed by atoms with Gasteiger partial charge in [0.05, 0.1) is 23.0 Å². The fourth-order valence-electron chi connectivity index (χ4n) is 2.89. The van der Waals surface area contributed by atoms with Crippen molar-refractivity contribution in [2.75, 3.05) is 7.11 Å². The van der Waals surface area contributed by atoms with Crippen molar-refractivity contribution in [3.63, 3.8) is 0 Å². The molecule has 146 valence electrons. The van der Waals surface area contributed by atoms with Gasteiger partial charge in [-0.25, -0.2) is 13.4 Å². The number of nitrogens with zero attached hydrogens (tertiary/aromatic N) is 4. The van der Waals surface area contributed by atoms with Gasteiger partial charge in [0, 0.05) is 25.1 Å². The van der Waals surface area contributed by atoms with Crippen LogP contribution in [0, 0.1) is 16.7 Å². The van der Waals surface area contributed by atoms with Crippen LogP contribution in [0.3, 0.4) is 0 Å². The van der Waals surface area contributed by atoms with Gasteiger partial charge in [-0.3, -0.25) is 4.72 Å². The first kappa shape index (κ1) is 19.6. The second kappa shape index (κ2) is 7.82. The predicted molar refractivity (Wildman–Crippen MR) is 99.9 cm³/mol. The second-order valence-electron chi connectivity index (χ2n) is 6.06. The zero-order valence-corrected chi connectivity index (χ0v) is 15.9. The summed E-state index contributed by atoms with van der Waals surface area (Å²) >= 11 is 0. The molecule has 10 nitrogen and oxygen atoms in total. The number of benzene rings is 1. The van der Waals surface area contributed by atoms with E-state index in [-0.39, 0.29) is 27.2 Å². The Hall–Kier alpha value is -3.18. The molecule has 3 rings (SSSR count). The maximum absolute atomic E-state index is 12.7. The Bertz CT molecular complexity index is 1070. The summed E-state index contributed by atoms with van der Waals surface area (Å²) in [4.78, 5) is 25.6. The van der Waals surface area contributed by atoms with Crippen LogP contribution in [0.25, 0.3) is 0 Å². The van der Waals surface area contributed by atoms with Gasteiger partial charge in [0.25, 0.3) is 15.3 Å². The van der Waals surface area contributed by atoms with Gasteiger partial charge in [0.1, 0.15) is 6.10 Å². The smallest absolute Gasteiger partial charge is 0.318 e. The molecule has 0 fully saturated rings. The van der Waals surface area contributed by atoms with Gasteiger partial charge in [-0.05, 0) is 25.1 Å². The molecule has 1 N–H and O–H groups in total. The quantitative estimate of drug-likeness (QED) is 0.429. The van der Waals surface area contributed by atoms with Crippen LogP contribution < -0.4 is 4.72 Å². The highest BCUT2D eigenvalue weighted by molar-refractivity contribution is 7.89. The van der Waals surface area contributed by atoms with E-state index < -0.39 is 16.1 Å². The average molecular weight is 404 g/mol. The first-order valence-corrected chi connectivity index (χ1v) is 9.69. The summed E-state index contributed by atoms with van der Waals surface area (Å²) in [5, 5.41) is 2.23. The van der Waals surface area contributed by atoms with Crippen LogP contribution in [-0.2, 0) is 14.8 Å². The number of methoxy groups -OCH3 is 1. The molecule has 0 saturated carbocycles. The Balaban J connectivity index is 1.88. The van der Waals surface area contributed by atoms with Crippen LogP contribution in [-0.4, -0.2) is 36.1 Å². The topological polar surface area (TPSA) is 123 Å². The molecule has 1 aromatic carbocycles. The van der Waals surface area contributed by atoms with Crippen LogP contribution in [0.2, 0.25) is 0 Å². The minimum atomic E-state index is -4.14. The van der Waals surface area contributed by atoms with Gasteiger partial charge in [-0.1, -0.05) is 23.1 Å². The van der Waals surface area contributed by atoms with E-state index in [2.05, 4.69) is 15.0 Å². The average Bonchev–Trinajstić information content (AvgIpc) is 3.13. The van der Waals surface area contributed by atoms with E-state index in [0.717, 1.165) is 5.69 Å². The zero-order chi connectivity index (χ0) is 20.3. The monoisotopic (exact) mass is 404 g/mol. The van der Waals surface area contributed by atoms with Crippen LogP contribution in [0.1, 0.15) is 11.7 Å². The van der Waals surface area contributed by atoms with Crippen molar-refractivity contribution in [2.45, 2.75) is 24.0 Å². The third-order valence-electron chi connectivity index (χ3n) is 4.19. The molecule has 11 heteroatoms. The Morgan fingerprint density at radius 1 is 1.32 bits per heavy atom. The Morgan fingerprint density at radius 2 is 2.07 bits per heavy atom. The van der Waals surface area contributed by atoms with E-state index in [4.69, 9.17) is 4.74 Å². The largest absolute Gasteiger partial charge is 0.375 e. The second-order valence-corrected chi connectivity index (χ2v) is 7.71. The molecular weight excluding hydrogens is 386 g/mol. The maximum atomic E-state index is 12.7. The lowest BCUT2D eigenvalue weighted by Crippen LogP contribution is -2.30. The number of sulfonamides is 1. The molecule has 0 aliphatic heterocycles. The Morgan fingerprint density at radius 3 is 2.71 bits per heavy atom. The van der Waals surface area contributed by atoms with Gasteiger partial charge < -0.3 is 9.30 Å². The number of imidazole rings is 1. The van der Waals surface area contributed by atoms with Crippen molar-refractivity contribution in [2.24, 2.45) is 5.29 Å². The van der Waals surface area contributed by atoms with Gasteiger partial charge in [0.2, 0.25) is 4.87 Å². The van der Waals surface area contributed by atoms with Crippen LogP contribution in [0.4, 0.5) is 5.69 Å². The molecule has 1 heterocycles. The van der Waals surface area contributed by atoms with Gasteiger partial charge in [0.15, 0.2) is 4.90 Å². The molecule has 1 aliphatic rings. The minimum absolute atomic E-state index is 0.192. The molecule has 28 heavy (non-hydrogen) atoms. The molecule has 1 aliphatic carbocycles. The number of hydrogen-bond donors (Lipinski definition) is 1. The lowest BCUT2D eigenvalue weighted by Gasteiger charge is -2.26. The number of para-hydroxylation sites is 1. The summed E-state index contributed by atoms with van der Waals surface area (Å²) in [5.41, 5.74) is 0.744. The molecular formula is C17H18N5O5S+.